The van der Waals surface area contributed by atoms with Crippen LogP contribution in [0.2, 0.25) is 5.02 Å². The Morgan fingerprint density at radius 3 is 2.43 bits per heavy atom. The Balaban J connectivity index is 1.66. The predicted octanol–water partition coefficient (Wildman–Crippen LogP) is 4.07. The minimum absolute atomic E-state index is 0.00894. The zero-order valence-corrected chi connectivity index (χ0v) is 16.0. The Morgan fingerprint density at radius 1 is 0.893 bits per heavy atom. The Morgan fingerprint density at radius 2 is 1.64 bits per heavy atom. The van der Waals surface area contributed by atoms with Crippen molar-refractivity contribution >= 4 is 33.2 Å². The number of sulfone groups is 1. The van der Waals surface area contributed by atoms with Crippen LogP contribution < -0.4 is 0 Å². The monoisotopic (exact) mass is 412 g/mol. The molecule has 5 nitrogen and oxygen atoms in total. The highest BCUT2D eigenvalue weighted by molar-refractivity contribution is 7.91. The van der Waals surface area contributed by atoms with E-state index in [4.69, 9.17) is 16.3 Å². The van der Waals surface area contributed by atoms with Gasteiger partial charge in [-0.3, -0.25) is 4.79 Å². The molecule has 0 radical (unpaired) electrons. The average molecular weight is 413 g/mol. The van der Waals surface area contributed by atoms with Crippen molar-refractivity contribution in [2.24, 2.45) is 0 Å². The van der Waals surface area contributed by atoms with Crippen molar-refractivity contribution in [2.45, 2.75) is 16.4 Å². The van der Waals surface area contributed by atoms with E-state index in [2.05, 4.69) is 0 Å². The summed E-state index contributed by atoms with van der Waals surface area (Å²) in [5.74, 6) is -1.08. The summed E-state index contributed by atoms with van der Waals surface area (Å²) < 4.78 is 31.1. The van der Waals surface area contributed by atoms with Gasteiger partial charge in [-0.2, -0.15) is 0 Å². The van der Waals surface area contributed by atoms with Gasteiger partial charge in [-0.25, -0.2) is 13.2 Å². The van der Waals surface area contributed by atoms with Crippen LogP contribution in [0, 0.1) is 0 Å². The zero-order valence-electron chi connectivity index (χ0n) is 14.4. The van der Waals surface area contributed by atoms with Crippen molar-refractivity contribution < 1.29 is 22.7 Å². The minimum atomic E-state index is -3.91. The number of esters is 1. The summed E-state index contributed by atoms with van der Waals surface area (Å²) in [6.07, 6.45) is 0. The molecule has 0 fully saturated rings. The molecule has 1 heterocycles. The Hall–Kier alpha value is -2.96. The predicted molar refractivity (Wildman–Crippen MR) is 102 cm³/mol. The molecule has 4 rings (SSSR count). The highest BCUT2D eigenvalue weighted by atomic mass is 35.5. The number of carbonyl (C=O) groups is 2. The normalized spacial score (nSPS) is 14.1. The van der Waals surface area contributed by atoms with Gasteiger partial charge in [0, 0.05) is 16.1 Å². The second-order valence-electron chi connectivity index (χ2n) is 6.25. The van der Waals surface area contributed by atoms with E-state index < -0.39 is 15.8 Å². The maximum atomic E-state index is 12.9. The smallest absolute Gasteiger partial charge is 0.338 e. The maximum Gasteiger partial charge on any atom is 0.338 e. The molecule has 3 aromatic carbocycles. The fourth-order valence-electron chi connectivity index (χ4n) is 3.07. The average Bonchev–Trinajstić information content (AvgIpc) is 2.70. The number of rotatable bonds is 3. The molecule has 0 atom stereocenters. The summed E-state index contributed by atoms with van der Waals surface area (Å²) in [7, 11) is -3.91. The highest BCUT2D eigenvalue weighted by Gasteiger charge is 2.35. The zero-order chi connectivity index (χ0) is 19.9. The molecule has 28 heavy (non-hydrogen) atoms. The quantitative estimate of drug-likeness (QED) is 0.474. The maximum absolute atomic E-state index is 12.9. The van der Waals surface area contributed by atoms with E-state index in [0.717, 1.165) is 0 Å². The standard InChI is InChI=1S/C21H13ClO5S/c22-15-5-3-4-13(10-15)12-27-21(24)14-8-9-17-19(11-14)28(25,26)18-7-2-1-6-16(18)20(17)23/h1-11H,12H2. The number of hydrogen-bond acceptors (Lipinski definition) is 5. The van der Waals surface area contributed by atoms with Crippen molar-refractivity contribution in [3.05, 3.63) is 94.0 Å². The Labute approximate surface area is 166 Å². The Kier molecular flexibility index (Phi) is 4.53. The van der Waals surface area contributed by atoms with Crippen LogP contribution in [0.5, 0.6) is 0 Å². The summed E-state index contributed by atoms with van der Waals surface area (Å²) in [5.41, 5.74) is 0.934. The lowest BCUT2D eigenvalue weighted by molar-refractivity contribution is 0.0472. The van der Waals surface area contributed by atoms with Gasteiger partial charge in [-0.1, -0.05) is 35.9 Å². The second kappa shape index (κ2) is 6.89. The van der Waals surface area contributed by atoms with Crippen LogP contribution in [0.25, 0.3) is 0 Å². The molecular weight excluding hydrogens is 400 g/mol. The van der Waals surface area contributed by atoms with Crippen LogP contribution in [0.3, 0.4) is 0 Å². The summed E-state index contributed by atoms with van der Waals surface area (Å²) >= 11 is 5.90. The first-order valence-corrected chi connectivity index (χ1v) is 10.2. The van der Waals surface area contributed by atoms with Crippen LogP contribution in [-0.2, 0) is 21.2 Å². The van der Waals surface area contributed by atoms with Gasteiger partial charge >= 0.3 is 5.97 Å². The van der Waals surface area contributed by atoms with E-state index >= 15 is 0 Å². The third-order valence-corrected chi connectivity index (χ3v) is 6.52. The second-order valence-corrected chi connectivity index (χ2v) is 8.57. The topological polar surface area (TPSA) is 77.5 Å². The first kappa shape index (κ1) is 18.4. The summed E-state index contributed by atoms with van der Waals surface area (Å²) in [4.78, 5) is 24.8. The molecule has 0 amide bonds. The third kappa shape index (κ3) is 3.10. The van der Waals surface area contributed by atoms with Gasteiger partial charge in [0.2, 0.25) is 9.84 Å². The molecule has 0 aliphatic carbocycles. The van der Waals surface area contributed by atoms with Gasteiger partial charge in [0.1, 0.15) is 6.61 Å². The fraction of sp³-hybridized carbons (Fsp3) is 0.0476. The summed E-state index contributed by atoms with van der Waals surface area (Å²) in [6, 6.07) is 16.8. The van der Waals surface area contributed by atoms with Gasteiger partial charge in [-0.15, -0.1) is 0 Å². The van der Waals surface area contributed by atoms with Crippen LogP contribution in [0.1, 0.15) is 31.8 Å². The fourth-order valence-corrected chi connectivity index (χ4v) is 4.96. The molecule has 1 aliphatic heterocycles. The lowest BCUT2D eigenvalue weighted by atomic mass is 10.0. The molecular formula is C21H13ClO5S. The van der Waals surface area contributed by atoms with E-state index in [0.29, 0.717) is 10.6 Å². The van der Waals surface area contributed by atoms with E-state index in [1.54, 1.807) is 36.4 Å². The number of ketones is 1. The number of carbonyl (C=O) groups excluding carboxylic acids is 2. The van der Waals surface area contributed by atoms with Gasteiger partial charge < -0.3 is 4.74 Å². The molecule has 0 saturated carbocycles. The van der Waals surface area contributed by atoms with Crippen LogP contribution in [0.15, 0.2) is 76.5 Å². The molecule has 140 valence electrons. The minimum Gasteiger partial charge on any atom is -0.457 e. The molecule has 3 aromatic rings. The molecule has 1 aliphatic rings. The van der Waals surface area contributed by atoms with Crippen molar-refractivity contribution in [1.82, 2.24) is 0 Å². The lowest BCUT2D eigenvalue weighted by Crippen LogP contribution is -2.21. The van der Waals surface area contributed by atoms with E-state index in [9.17, 15) is 18.0 Å². The number of halogens is 1. The number of fused-ring (bicyclic) bond motifs is 2. The van der Waals surface area contributed by atoms with E-state index in [1.807, 2.05) is 0 Å². The van der Waals surface area contributed by atoms with Crippen molar-refractivity contribution in [1.29, 1.82) is 0 Å². The van der Waals surface area contributed by atoms with Gasteiger partial charge in [0.25, 0.3) is 0 Å². The van der Waals surface area contributed by atoms with Gasteiger partial charge in [-0.05, 0) is 48.0 Å². The molecule has 0 spiro atoms. The largest absolute Gasteiger partial charge is 0.457 e. The number of ether oxygens (including phenoxy) is 1. The summed E-state index contributed by atoms with van der Waals surface area (Å²) in [6.45, 7) is -0.00894. The van der Waals surface area contributed by atoms with Crippen LogP contribution >= 0.6 is 11.6 Å². The molecule has 0 N–H and O–H groups in total. The van der Waals surface area contributed by atoms with E-state index in [-0.39, 0.29) is 38.9 Å². The highest BCUT2D eigenvalue weighted by Crippen LogP contribution is 2.34. The molecule has 0 saturated heterocycles. The molecule has 0 bridgehead atoms. The van der Waals surface area contributed by atoms with Crippen LogP contribution in [0.4, 0.5) is 0 Å². The third-order valence-electron chi connectivity index (χ3n) is 4.43. The molecule has 7 heteroatoms. The van der Waals surface area contributed by atoms with Crippen molar-refractivity contribution in [2.75, 3.05) is 0 Å². The first-order chi connectivity index (χ1) is 13.4. The SMILES string of the molecule is O=C(OCc1cccc(Cl)c1)c1ccc2c(c1)S(=O)(=O)c1ccccc1C2=O. The first-order valence-electron chi connectivity index (χ1n) is 8.32. The number of benzene rings is 3. The van der Waals surface area contributed by atoms with Crippen molar-refractivity contribution in [3.8, 4) is 0 Å². The van der Waals surface area contributed by atoms with Gasteiger partial charge in [0.15, 0.2) is 5.78 Å². The molecule has 0 unspecified atom stereocenters. The summed E-state index contributed by atoms with van der Waals surface area (Å²) in [5, 5.41) is 0.519. The Bertz CT molecular complexity index is 1230. The number of hydrogen-bond donors (Lipinski definition) is 0. The lowest BCUT2D eigenvalue weighted by Gasteiger charge is -2.19. The van der Waals surface area contributed by atoms with Crippen LogP contribution in [-0.4, -0.2) is 20.2 Å². The van der Waals surface area contributed by atoms with Crippen molar-refractivity contribution in [3.63, 3.8) is 0 Å². The van der Waals surface area contributed by atoms with E-state index in [1.165, 1.54) is 30.3 Å². The van der Waals surface area contributed by atoms with Gasteiger partial charge in [0.05, 0.1) is 15.4 Å². The molecule has 0 aromatic heterocycles.